The van der Waals surface area contributed by atoms with E-state index in [0.717, 1.165) is 37.6 Å². The van der Waals surface area contributed by atoms with E-state index in [0.29, 0.717) is 23.7 Å². The third-order valence-corrected chi connectivity index (χ3v) is 6.28. The predicted octanol–water partition coefficient (Wildman–Crippen LogP) is 4.08. The maximum Gasteiger partial charge on any atom is 0.325 e. The highest BCUT2D eigenvalue weighted by molar-refractivity contribution is 7.13. The molecule has 1 aromatic heterocycles. The predicted molar refractivity (Wildman–Crippen MR) is 131 cm³/mol. The van der Waals surface area contributed by atoms with Crippen LogP contribution in [-0.4, -0.2) is 55.1 Å². The molecule has 0 radical (unpaired) electrons. The molecule has 3 aromatic rings. The summed E-state index contributed by atoms with van der Waals surface area (Å²) in [4.78, 5) is 33.5. The normalized spacial score (nSPS) is 13.5. The van der Waals surface area contributed by atoms with Crippen molar-refractivity contribution < 1.29 is 14.3 Å². The molecular formula is C24H27N5O3S. The van der Waals surface area contributed by atoms with Crippen molar-refractivity contribution in [3.05, 3.63) is 65.7 Å². The minimum Gasteiger partial charge on any atom is -0.497 e. The summed E-state index contributed by atoms with van der Waals surface area (Å²) in [5, 5.41) is 7.87. The molecule has 172 valence electrons. The zero-order chi connectivity index (χ0) is 23.0. The molecule has 0 unspecified atom stereocenters. The number of aromatic nitrogens is 1. The van der Waals surface area contributed by atoms with Crippen molar-refractivity contribution in [1.82, 2.24) is 9.88 Å². The Morgan fingerprint density at radius 1 is 1.00 bits per heavy atom. The summed E-state index contributed by atoms with van der Waals surface area (Å²) in [6, 6.07) is 17.0. The number of piperazine rings is 1. The van der Waals surface area contributed by atoms with Crippen LogP contribution in [0.3, 0.4) is 0 Å². The van der Waals surface area contributed by atoms with Gasteiger partial charge in [-0.2, -0.15) is 0 Å². The highest BCUT2D eigenvalue weighted by Gasteiger charge is 2.21. The van der Waals surface area contributed by atoms with Gasteiger partial charge in [0.15, 0.2) is 5.13 Å². The number of ether oxygens (including phenoxy) is 1. The van der Waals surface area contributed by atoms with Crippen LogP contribution in [0.2, 0.25) is 0 Å². The molecule has 3 amide bonds. The van der Waals surface area contributed by atoms with Gasteiger partial charge in [-0.05, 0) is 42.8 Å². The highest BCUT2D eigenvalue weighted by Crippen LogP contribution is 2.20. The van der Waals surface area contributed by atoms with E-state index >= 15 is 0 Å². The van der Waals surface area contributed by atoms with Crippen molar-refractivity contribution in [2.24, 2.45) is 0 Å². The topological polar surface area (TPSA) is 86.8 Å². The number of amides is 3. The molecule has 1 aliphatic rings. The van der Waals surface area contributed by atoms with Gasteiger partial charge >= 0.3 is 6.03 Å². The molecule has 1 fully saturated rings. The van der Waals surface area contributed by atoms with Gasteiger partial charge in [0.25, 0.3) is 0 Å². The van der Waals surface area contributed by atoms with E-state index < -0.39 is 0 Å². The molecule has 0 bridgehead atoms. The zero-order valence-corrected chi connectivity index (χ0v) is 19.3. The molecule has 2 aromatic carbocycles. The standard InChI is InChI=1S/C24H27N5O3S/c1-32-21-10-7-18(8-11-21)25-23(31)27-24-26-19(17-33-24)9-12-22(30)29-15-13-28(14-16-29)20-5-3-2-4-6-20/h2-8,10-11,17H,9,12-16H2,1H3,(H2,25,26,27,31). The minimum atomic E-state index is -0.367. The number of benzene rings is 2. The Hall–Kier alpha value is -3.59. The molecule has 2 heterocycles. The lowest BCUT2D eigenvalue weighted by atomic mass is 10.2. The van der Waals surface area contributed by atoms with E-state index in [2.05, 4.69) is 32.7 Å². The van der Waals surface area contributed by atoms with Gasteiger partial charge in [0.1, 0.15) is 5.75 Å². The van der Waals surface area contributed by atoms with Gasteiger partial charge in [0.05, 0.1) is 12.8 Å². The van der Waals surface area contributed by atoms with Gasteiger partial charge in [-0.15, -0.1) is 11.3 Å². The highest BCUT2D eigenvalue weighted by atomic mass is 32.1. The molecule has 8 nitrogen and oxygen atoms in total. The number of carbonyl (C=O) groups excluding carboxylic acids is 2. The van der Waals surface area contributed by atoms with Gasteiger partial charge in [0.2, 0.25) is 5.91 Å². The number of nitrogens with one attached hydrogen (secondary N) is 2. The van der Waals surface area contributed by atoms with Gasteiger partial charge in [0, 0.05) is 49.4 Å². The van der Waals surface area contributed by atoms with Gasteiger partial charge in [-0.1, -0.05) is 18.2 Å². The molecule has 0 atom stereocenters. The molecule has 1 aliphatic heterocycles. The molecule has 33 heavy (non-hydrogen) atoms. The molecular weight excluding hydrogens is 438 g/mol. The largest absolute Gasteiger partial charge is 0.497 e. The number of carbonyl (C=O) groups is 2. The van der Waals surface area contributed by atoms with Crippen molar-refractivity contribution in [3.63, 3.8) is 0 Å². The molecule has 0 saturated carbocycles. The van der Waals surface area contributed by atoms with Crippen molar-refractivity contribution in [2.45, 2.75) is 12.8 Å². The second-order valence-corrected chi connectivity index (χ2v) is 8.51. The Labute approximate surface area is 197 Å². The second kappa shape index (κ2) is 10.8. The van der Waals surface area contributed by atoms with Crippen LogP contribution in [0.5, 0.6) is 5.75 Å². The van der Waals surface area contributed by atoms with Gasteiger partial charge in [-0.25, -0.2) is 9.78 Å². The van der Waals surface area contributed by atoms with Crippen molar-refractivity contribution >= 4 is 39.8 Å². The maximum atomic E-state index is 12.6. The summed E-state index contributed by atoms with van der Waals surface area (Å²) in [5.74, 6) is 0.862. The third-order valence-electron chi connectivity index (χ3n) is 5.47. The van der Waals surface area contributed by atoms with E-state index in [1.807, 2.05) is 28.5 Å². The van der Waals surface area contributed by atoms with Crippen LogP contribution in [0, 0.1) is 0 Å². The molecule has 1 saturated heterocycles. The fourth-order valence-electron chi connectivity index (χ4n) is 3.66. The molecule has 0 aliphatic carbocycles. The summed E-state index contributed by atoms with van der Waals surface area (Å²) in [6.07, 6.45) is 0.961. The van der Waals surface area contributed by atoms with Gasteiger partial charge in [-0.3, -0.25) is 10.1 Å². The Balaban J connectivity index is 1.20. The first-order valence-corrected chi connectivity index (χ1v) is 11.7. The number of urea groups is 1. The lowest BCUT2D eigenvalue weighted by Gasteiger charge is -2.36. The first kappa shape index (κ1) is 22.6. The number of anilines is 3. The Morgan fingerprint density at radius 2 is 1.73 bits per heavy atom. The number of methoxy groups -OCH3 is 1. The lowest BCUT2D eigenvalue weighted by molar-refractivity contribution is -0.131. The van der Waals surface area contributed by atoms with Crippen LogP contribution in [-0.2, 0) is 11.2 Å². The first-order valence-electron chi connectivity index (χ1n) is 10.8. The van der Waals surface area contributed by atoms with Crippen molar-refractivity contribution in [2.75, 3.05) is 48.8 Å². The van der Waals surface area contributed by atoms with Crippen molar-refractivity contribution in [1.29, 1.82) is 0 Å². The van der Waals surface area contributed by atoms with E-state index in [-0.39, 0.29) is 11.9 Å². The summed E-state index contributed by atoms with van der Waals surface area (Å²) >= 11 is 1.35. The quantitative estimate of drug-likeness (QED) is 0.549. The number of nitrogens with zero attached hydrogens (tertiary/aromatic N) is 3. The number of hydrogen-bond donors (Lipinski definition) is 2. The SMILES string of the molecule is COc1ccc(NC(=O)Nc2nc(CCC(=O)N3CCN(c4ccccc4)CC3)cs2)cc1. The molecule has 9 heteroatoms. The molecule has 0 spiro atoms. The van der Waals surface area contributed by atoms with Crippen LogP contribution in [0.4, 0.5) is 21.3 Å². The van der Waals surface area contributed by atoms with Crippen LogP contribution in [0.15, 0.2) is 60.0 Å². The number of para-hydroxylation sites is 1. The van der Waals surface area contributed by atoms with E-state index in [9.17, 15) is 9.59 Å². The number of aryl methyl sites for hydroxylation is 1. The molecule has 4 rings (SSSR count). The zero-order valence-electron chi connectivity index (χ0n) is 18.5. The number of hydrogen-bond acceptors (Lipinski definition) is 6. The van der Waals surface area contributed by atoms with E-state index in [4.69, 9.17) is 4.74 Å². The van der Waals surface area contributed by atoms with Gasteiger partial charge < -0.3 is 19.9 Å². The first-order chi connectivity index (χ1) is 16.1. The summed E-state index contributed by atoms with van der Waals surface area (Å²) in [5.41, 5.74) is 2.65. The Morgan fingerprint density at radius 3 is 2.42 bits per heavy atom. The van der Waals surface area contributed by atoms with E-state index in [1.54, 1.807) is 31.4 Å². The molecule has 2 N–H and O–H groups in total. The van der Waals surface area contributed by atoms with Crippen molar-refractivity contribution in [3.8, 4) is 5.75 Å². The van der Waals surface area contributed by atoms with Crippen LogP contribution >= 0.6 is 11.3 Å². The fourth-order valence-corrected chi connectivity index (χ4v) is 4.40. The van der Waals surface area contributed by atoms with Crippen LogP contribution in [0.25, 0.3) is 0 Å². The number of thiazole rings is 1. The van der Waals surface area contributed by atoms with E-state index in [1.165, 1.54) is 17.0 Å². The average molecular weight is 466 g/mol. The lowest BCUT2D eigenvalue weighted by Crippen LogP contribution is -2.48. The second-order valence-electron chi connectivity index (χ2n) is 7.66. The third kappa shape index (κ3) is 6.23. The monoisotopic (exact) mass is 465 g/mol. The summed E-state index contributed by atoms with van der Waals surface area (Å²) in [7, 11) is 1.59. The Bertz CT molecular complexity index is 1060. The summed E-state index contributed by atoms with van der Waals surface area (Å²) < 4.78 is 5.11. The fraction of sp³-hybridized carbons (Fsp3) is 0.292. The average Bonchev–Trinajstić information content (AvgIpc) is 3.30. The van der Waals surface area contributed by atoms with Crippen LogP contribution in [0.1, 0.15) is 12.1 Å². The Kier molecular flexibility index (Phi) is 7.41. The smallest absolute Gasteiger partial charge is 0.325 e. The van der Waals surface area contributed by atoms with Crippen LogP contribution < -0.4 is 20.3 Å². The summed E-state index contributed by atoms with van der Waals surface area (Å²) in [6.45, 7) is 3.12. The number of rotatable bonds is 7. The maximum absolute atomic E-state index is 12.6. The minimum absolute atomic E-state index is 0.141.